The fourth-order valence-corrected chi connectivity index (χ4v) is 4.90. The minimum absolute atomic E-state index is 0.0750. The molecule has 0 bridgehead atoms. The van der Waals surface area contributed by atoms with E-state index in [4.69, 9.17) is 0 Å². The third-order valence-electron chi connectivity index (χ3n) is 4.66. The standard InChI is InChI=1S/C20H24N2O3S/c1-2-16-9-8-10-17(15-16)21-20(23)18-11-4-5-12-19(18)26(24,25)22-13-6-3-7-14-22/h4-5,8-12,15H,2-3,6-7,13-14H2,1H3,(H,21,23). The molecule has 1 heterocycles. The average molecular weight is 372 g/mol. The van der Waals surface area contributed by atoms with Crippen LogP contribution in [-0.4, -0.2) is 31.7 Å². The first kappa shape index (κ1) is 18.6. The molecule has 1 fully saturated rings. The van der Waals surface area contributed by atoms with Gasteiger partial charge in [-0.3, -0.25) is 4.79 Å². The van der Waals surface area contributed by atoms with Crippen molar-refractivity contribution in [2.24, 2.45) is 0 Å². The molecule has 3 rings (SSSR count). The molecule has 0 unspecified atom stereocenters. The summed E-state index contributed by atoms with van der Waals surface area (Å²) < 4.78 is 27.5. The van der Waals surface area contributed by atoms with Gasteiger partial charge in [0.05, 0.1) is 10.5 Å². The molecule has 1 aliphatic heterocycles. The van der Waals surface area contributed by atoms with Gasteiger partial charge in [-0.2, -0.15) is 4.31 Å². The minimum atomic E-state index is -3.67. The van der Waals surface area contributed by atoms with Crippen molar-refractivity contribution in [2.45, 2.75) is 37.5 Å². The van der Waals surface area contributed by atoms with E-state index in [1.165, 1.54) is 10.4 Å². The highest BCUT2D eigenvalue weighted by Crippen LogP contribution is 2.24. The summed E-state index contributed by atoms with van der Waals surface area (Å²) in [6.07, 6.45) is 3.63. The van der Waals surface area contributed by atoms with Crippen molar-refractivity contribution in [2.75, 3.05) is 18.4 Å². The number of benzene rings is 2. The van der Waals surface area contributed by atoms with Crippen LogP contribution in [0.1, 0.15) is 42.1 Å². The Morgan fingerprint density at radius 3 is 2.50 bits per heavy atom. The summed E-state index contributed by atoms with van der Waals surface area (Å²) in [6.45, 7) is 3.06. The molecule has 6 heteroatoms. The highest BCUT2D eigenvalue weighted by atomic mass is 32.2. The summed E-state index contributed by atoms with van der Waals surface area (Å²) in [4.78, 5) is 12.8. The number of hydrogen-bond acceptors (Lipinski definition) is 3. The second-order valence-corrected chi connectivity index (χ2v) is 8.38. The highest BCUT2D eigenvalue weighted by Gasteiger charge is 2.29. The molecule has 5 nitrogen and oxygen atoms in total. The second kappa shape index (κ2) is 8.01. The molecular formula is C20H24N2O3S. The van der Waals surface area contributed by atoms with Crippen molar-refractivity contribution in [3.63, 3.8) is 0 Å². The summed E-state index contributed by atoms with van der Waals surface area (Å²) in [5.41, 5.74) is 1.96. The maximum atomic E-state index is 13.0. The molecule has 0 aliphatic carbocycles. The molecule has 138 valence electrons. The maximum Gasteiger partial charge on any atom is 0.257 e. The van der Waals surface area contributed by atoms with Crippen LogP contribution in [0.3, 0.4) is 0 Å². The predicted octanol–water partition coefficient (Wildman–Crippen LogP) is 3.68. The van der Waals surface area contributed by atoms with Crippen LogP contribution in [0.4, 0.5) is 5.69 Å². The fraction of sp³-hybridized carbons (Fsp3) is 0.350. The number of carbonyl (C=O) groups is 1. The minimum Gasteiger partial charge on any atom is -0.322 e. The van der Waals surface area contributed by atoms with Gasteiger partial charge in [-0.05, 0) is 49.1 Å². The highest BCUT2D eigenvalue weighted by molar-refractivity contribution is 7.89. The molecular weight excluding hydrogens is 348 g/mol. The first-order valence-electron chi connectivity index (χ1n) is 9.02. The van der Waals surface area contributed by atoms with Crippen molar-refractivity contribution < 1.29 is 13.2 Å². The average Bonchev–Trinajstić information content (AvgIpc) is 2.68. The van der Waals surface area contributed by atoms with E-state index >= 15 is 0 Å². The quantitative estimate of drug-likeness (QED) is 0.871. The van der Waals surface area contributed by atoms with E-state index in [-0.39, 0.29) is 10.5 Å². The number of aryl methyl sites for hydroxylation is 1. The van der Waals surface area contributed by atoms with Gasteiger partial charge in [-0.1, -0.05) is 37.6 Å². The maximum absolute atomic E-state index is 13.0. The van der Waals surface area contributed by atoms with Gasteiger partial charge >= 0.3 is 0 Å². The number of piperidine rings is 1. The fourth-order valence-electron chi connectivity index (χ4n) is 3.19. The Morgan fingerprint density at radius 2 is 1.77 bits per heavy atom. The van der Waals surface area contributed by atoms with E-state index in [0.717, 1.165) is 31.2 Å². The summed E-state index contributed by atoms with van der Waals surface area (Å²) in [5.74, 6) is -0.408. The lowest BCUT2D eigenvalue weighted by Crippen LogP contribution is -2.36. The van der Waals surface area contributed by atoms with E-state index in [1.807, 2.05) is 25.1 Å². The molecule has 1 N–H and O–H groups in total. The van der Waals surface area contributed by atoms with Gasteiger partial charge in [0.1, 0.15) is 0 Å². The number of sulfonamides is 1. The zero-order valence-corrected chi connectivity index (χ0v) is 15.8. The SMILES string of the molecule is CCc1cccc(NC(=O)c2ccccc2S(=O)(=O)N2CCCCC2)c1. The van der Waals surface area contributed by atoms with Crippen molar-refractivity contribution in [1.29, 1.82) is 0 Å². The largest absolute Gasteiger partial charge is 0.322 e. The molecule has 1 saturated heterocycles. The number of anilines is 1. The van der Waals surface area contributed by atoms with Crippen LogP contribution < -0.4 is 5.32 Å². The Morgan fingerprint density at radius 1 is 1.04 bits per heavy atom. The van der Waals surface area contributed by atoms with Crippen LogP contribution in [0.5, 0.6) is 0 Å². The second-order valence-electron chi connectivity index (χ2n) is 6.47. The summed E-state index contributed by atoms with van der Waals surface area (Å²) >= 11 is 0. The smallest absolute Gasteiger partial charge is 0.257 e. The third kappa shape index (κ3) is 3.97. The number of hydrogen-bond donors (Lipinski definition) is 1. The van der Waals surface area contributed by atoms with E-state index in [1.54, 1.807) is 24.3 Å². The Hall–Kier alpha value is -2.18. The number of rotatable bonds is 5. The van der Waals surface area contributed by atoms with Crippen LogP contribution in [0.25, 0.3) is 0 Å². The lowest BCUT2D eigenvalue weighted by atomic mass is 10.1. The molecule has 1 amide bonds. The lowest BCUT2D eigenvalue weighted by Gasteiger charge is -2.26. The van der Waals surface area contributed by atoms with E-state index < -0.39 is 15.9 Å². The normalized spacial score (nSPS) is 15.6. The van der Waals surface area contributed by atoms with Gasteiger partial charge in [0.2, 0.25) is 10.0 Å². The Balaban J connectivity index is 1.89. The molecule has 2 aromatic rings. The first-order valence-corrected chi connectivity index (χ1v) is 10.5. The predicted molar refractivity (Wildman–Crippen MR) is 103 cm³/mol. The van der Waals surface area contributed by atoms with Gasteiger partial charge < -0.3 is 5.32 Å². The Labute approximate surface area is 155 Å². The summed E-state index contributed by atoms with van der Waals surface area (Å²) in [5, 5.41) is 2.83. The van der Waals surface area contributed by atoms with E-state index in [2.05, 4.69) is 5.32 Å². The topological polar surface area (TPSA) is 66.5 Å². The Bertz CT molecular complexity index is 887. The Kier molecular flexibility index (Phi) is 5.74. The van der Waals surface area contributed by atoms with E-state index in [0.29, 0.717) is 18.8 Å². The van der Waals surface area contributed by atoms with Crippen molar-refractivity contribution in [1.82, 2.24) is 4.31 Å². The monoisotopic (exact) mass is 372 g/mol. The molecule has 26 heavy (non-hydrogen) atoms. The first-order chi connectivity index (χ1) is 12.5. The number of nitrogens with one attached hydrogen (secondary N) is 1. The molecule has 0 aromatic heterocycles. The van der Waals surface area contributed by atoms with Gasteiger partial charge in [-0.25, -0.2) is 8.42 Å². The third-order valence-corrected chi connectivity index (χ3v) is 6.61. The number of carbonyl (C=O) groups excluding carboxylic acids is 1. The molecule has 0 saturated carbocycles. The summed E-state index contributed by atoms with van der Waals surface area (Å²) in [6, 6.07) is 14.0. The van der Waals surface area contributed by atoms with Gasteiger partial charge in [-0.15, -0.1) is 0 Å². The van der Waals surface area contributed by atoms with Crippen LogP contribution in [-0.2, 0) is 16.4 Å². The van der Waals surface area contributed by atoms with Gasteiger partial charge in [0, 0.05) is 18.8 Å². The molecule has 0 atom stereocenters. The van der Waals surface area contributed by atoms with Crippen molar-refractivity contribution >= 4 is 21.6 Å². The van der Waals surface area contributed by atoms with Crippen molar-refractivity contribution in [3.05, 3.63) is 59.7 Å². The number of nitrogens with zero attached hydrogens (tertiary/aromatic N) is 1. The van der Waals surface area contributed by atoms with Crippen LogP contribution >= 0.6 is 0 Å². The van der Waals surface area contributed by atoms with Gasteiger partial charge in [0.25, 0.3) is 5.91 Å². The van der Waals surface area contributed by atoms with E-state index in [9.17, 15) is 13.2 Å². The summed E-state index contributed by atoms with van der Waals surface area (Å²) in [7, 11) is -3.67. The lowest BCUT2D eigenvalue weighted by molar-refractivity contribution is 0.102. The molecule has 0 radical (unpaired) electrons. The molecule has 2 aromatic carbocycles. The van der Waals surface area contributed by atoms with Crippen molar-refractivity contribution in [3.8, 4) is 0 Å². The van der Waals surface area contributed by atoms with Crippen LogP contribution in [0.2, 0.25) is 0 Å². The van der Waals surface area contributed by atoms with Crippen LogP contribution in [0, 0.1) is 0 Å². The number of amides is 1. The molecule has 1 aliphatic rings. The molecule has 0 spiro atoms. The van der Waals surface area contributed by atoms with Crippen LogP contribution in [0.15, 0.2) is 53.4 Å². The zero-order valence-electron chi connectivity index (χ0n) is 14.9. The zero-order chi connectivity index (χ0) is 18.6. The van der Waals surface area contributed by atoms with Gasteiger partial charge in [0.15, 0.2) is 0 Å².